The molecule has 26 heavy (non-hydrogen) atoms. The minimum Gasteiger partial charge on any atom is -0.303 e. The molecule has 0 radical (unpaired) electrons. The molecule has 1 heterocycles. The maximum atomic E-state index is 4.43. The van der Waals surface area contributed by atoms with Crippen LogP contribution >= 0.6 is 0 Å². The summed E-state index contributed by atoms with van der Waals surface area (Å²) in [4.78, 5) is 4.43. The van der Waals surface area contributed by atoms with Crippen molar-refractivity contribution in [1.82, 2.24) is 9.55 Å². The first kappa shape index (κ1) is 16.3. The highest BCUT2D eigenvalue weighted by Crippen LogP contribution is 2.39. The Morgan fingerprint density at radius 2 is 1.27 bits per heavy atom. The van der Waals surface area contributed by atoms with E-state index in [-0.39, 0.29) is 0 Å². The first-order valence-electron chi connectivity index (χ1n) is 8.92. The van der Waals surface area contributed by atoms with E-state index in [1.54, 1.807) is 0 Å². The van der Waals surface area contributed by atoms with Crippen molar-refractivity contribution in [3.8, 4) is 27.9 Å². The van der Waals surface area contributed by atoms with Crippen LogP contribution in [-0.2, 0) is 0 Å². The molecular weight excluding hydrogens is 316 g/mol. The van der Waals surface area contributed by atoms with Gasteiger partial charge in [0.1, 0.15) is 5.82 Å². The molecule has 4 rings (SSSR count). The Hall–Kier alpha value is -3.13. The fourth-order valence-electron chi connectivity index (χ4n) is 3.61. The SMILES string of the molecule is Cc1ccccc1-c1cccc(-n2ccnc2C)c1-c1ccccc1C. The van der Waals surface area contributed by atoms with Crippen LogP contribution in [0.3, 0.4) is 0 Å². The predicted octanol–water partition coefficient (Wildman–Crippen LogP) is 6.13. The molecular formula is C24H22N2. The zero-order valence-corrected chi connectivity index (χ0v) is 15.4. The maximum Gasteiger partial charge on any atom is 0.110 e. The second kappa shape index (κ2) is 6.64. The quantitative estimate of drug-likeness (QED) is 0.439. The highest BCUT2D eigenvalue weighted by Gasteiger charge is 2.17. The summed E-state index contributed by atoms with van der Waals surface area (Å²) in [5, 5.41) is 0. The topological polar surface area (TPSA) is 17.8 Å². The van der Waals surface area contributed by atoms with Crippen molar-refractivity contribution < 1.29 is 0 Å². The molecule has 3 aromatic carbocycles. The first-order valence-corrected chi connectivity index (χ1v) is 8.92. The number of benzene rings is 3. The Labute approximate surface area is 154 Å². The zero-order valence-electron chi connectivity index (χ0n) is 15.4. The predicted molar refractivity (Wildman–Crippen MR) is 109 cm³/mol. The summed E-state index contributed by atoms with van der Waals surface area (Å²) in [5.74, 6) is 0.988. The van der Waals surface area contributed by atoms with Gasteiger partial charge in [0.2, 0.25) is 0 Å². The molecule has 0 spiro atoms. The fourth-order valence-corrected chi connectivity index (χ4v) is 3.61. The van der Waals surface area contributed by atoms with Crippen LogP contribution in [0.25, 0.3) is 27.9 Å². The molecule has 128 valence electrons. The summed E-state index contributed by atoms with van der Waals surface area (Å²) in [6.07, 6.45) is 3.89. The highest BCUT2D eigenvalue weighted by atomic mass is 15.1. The van der Waals surface area contributed by atoms with Gasteiger partial charge in [-0.2, -0.15) is 0 Å². The molecule has 0 fully saturated rings. The molecule has 1 aromatic heterocycles. The number of hydrogen-bond acceptors (Lipinski definition) is 1. The lowest BCUT2D eigenvalue weighted by Crippen LogP contribution is -2.01. The van der Waals surface area contributed by atoms with Crippen molar-refractivity contribution in [1.29, 1.82) is 0 Å². The molecule has 0 bridgehead atoms. The van der Waals surface area contributed by atoms with Gasteiger partial charge in [0.05, 0.1) is 5.69 Å². The third-order valence-electron chi connectivity index (χ3n) is 4.98. The summed E-state index contributed by atoms with van der Waals surface area (Å²) in [5.41, 5.74) is 8.74. The van der Waals surface area contributed by atoms with Gasteiger partial charge in [-0.3, -0.25) is 0 Å². The Kier molecular flexibility index (Phi) is 4.18. The zero-order chi connectivity index (χ0) is 18.1. The lowest BCUT2D eigenvalue weighted by molar-refractivity contribution is 0.976. The molecule has 0 aliphatic carbocycles. The van der Waals surface area contributed by atoms with E-state index in [1.165, 1.54) is 33.4 Å². The molecule has 0 N–H and O–H groups in total. The van der Waals surface area contributed by atoms with Gasteiger partial charge in [0.15, 0.2) is 0 Å². The van der Waals surface area contributed by atoms with E-state index in [2.05, 4.69) is 90.1 Å². The molecule has 0 aliphatic rings. The van der Waals surface area contributed by atoms with E-state index in [9.17, 15) is 0 Å². The van der Waals surface area contributed by atoms with Gasteiger partial charge in [-0.1, -0.05) is 60.7 Å². The number of nitrogens with zero attached hydrogens (tertiary/aromatic N) is 2. The van der Waals surface area contributed by atoms with Gasteiger partial charge in [0.25, 0.3) is 0 Å². The molecule has 0 amide bonds. The van der Waals surface area contributed by atoms with Gasteiger partial charge < -0.3 is 4.57 Å². The highest BCUT2D eigenvalue weighted by molar-refractivity contribution is 5.91. The summed E-state index contributed by atoms with van der Waals surface area (Å²) < 4.78 is 2.17. The smallest absolute Gasteiger partial charge is 0.110 e. The van der Waals surface area contributed by atoms with E-state index < -0.39 is 0 Å². The minimum atomic E-state index is 0.988. The van der Waals surface area contributed by atoms with E-state index in [0.717, 1.165) is 11.5 Å². The molecule has 2 heteroatoms. The molecule has 4 aromatic rings. The van der Waals surface area contributed by atoms with Crippen LogP contribution in [-0.4, -0.2) is 9.55 Å². The largest absolute Gasteiger partial charge is 0.303 e. The van der Waals surface area contributed by atoms with Crippen LogP contribution in [0.1, 0.15) is 17.0 Å². The molecule has 0 unspecified atom stereocenters. The fraction of sp³-hybridized carbons (Fsp3) is 0.125. The Bertz CT molecular complexity index is 1070. The van der Waals surface area contributed by atoms with E-state index in [1.807, 2.05) is 19.3 Å². The van der Waals surface area contributed by atoms with Gasteiger partial charge in [0, 0.05) is 18.0 Å². The molecule has 0 saturated carbocycles. The monoisotopic (exact) mass is 338 g/mol. The lowest BCUT2D eigenvalue weighted by atomic mass is 9.89. The molecule has 2 nitrogen and oxygen atoms in total. The lowest BCUT2D eigenvalue weighted by Gasteiger charge is -2.19. The Balaban J connectivity index is 2.10. The van der Waals surface area contributed by atoms with Crippen molar-refractivity contribution in [3.05, 3.63) is 96.1 Å². The second-order valence-corrected chi connectivity index (χ2v) is 6.67. The number of aryl methyl sites for hydroxylation is 3. The van der Waals surface area contributed by atoms with Gasteiger partial charge >= 0.3 is 0 Å². The first-order chi connectivity index (χ1) is 12.7. The van der Waals surface area contributed by atoms with Crippen molar-refractivity contribution in [3.63, 3.8) is 0 Å². The third-order valence-corrected chi connectivity index (χ3v) is 4.98. The second-order valence-electron chi connectivity index (χ2n) is 6.67. The molecule has 0 aliphatic heterocycles. The summed E-state index contributed by atoms with van der Waals surface area (Å²) in [6, 6.07) is 23.7. The van der Waals surface area contributed by atoms with E-state index >= 15 is 0 Å². The van der Waals surface area contributed by atoms with Gasteiger partial charge in [-0.05, 0) is 54.7 Å². The van der Waals surface area contributed by atoms with Crippen LogP contribution in [0.5, 0.6) is 0 Å². The average molecular weight is 338 g/mol. The number of imidazole rings is 1. The van der Waals surface area contributed by atoms with E-state index in [4.69, 9.17) is 0 Å². The van der Waals surface area contributed by atoms with E-state index in [0.29, 0.717) is 0 Å². The summed E-state index contributed by atoms with van der Waals surface area (Å²) >= 11 is 0. The number of hydrogen-bond donors (Lipinski definition) is 0. The number of rotatable bonds is 3. The standard InChI is InChI=1S/C24H22N2/c1-17-9-4-6-11-20(17)22-13-8-14-23(26-16-15-25-19(26)3)24(22)21-12-7-5-10-18(21)2/h4-16H,1-3H3. The van der Waals surface area contributed by atoms with Crippen molar-refractivity contribution in [2.45, 2.75) is 20.8 Å². The van der Waals surface area contributed by atoms with Crippen LogP contribution < -0.4 is 0 Å². The van der Waals surface area contributed by atoms with Crippen LogP contribution in [0.2, 0.25) is 0 Å². The van der Waals surface area contributed by atoms with Gasteiger partial charge in [-0.15, -0.1) is 0 Å². The maximum absolute atomic E-state index is 4.43. The Morgan fingerprint density at radius 1 is 0.654 bits per heavy atom. The Morgan fingerprint density at radius 3 is 1.88 bits per heavy atom. The normalized spacial score (nSPS) is 10.9. The van der Waals surface area contributed by atoms with Crippen LogP contribution in [0.15, 0.2) is 79.1 Å². The van der Waals surface area contributed by atoms with Crippen molar-refractivity contribution >= 4 is 0 Å². The van der Waals surface area contributed by atoms with Gasteiger partial charge in [-0.25, -0.2) is 4.98 Å². The van der Waals surface area contributed by atoms with Crippen molar-refractivity contribution in [2.24, 2.45) is 0 Å². The van der Waals surface area contributed by atoms with Crippen LogP contribution in [0, 0.1) is 20.8 Å². The summed E-state index contributed by atoms with van der Waals surface area (Å²) in [6.45, 7) is 6.39. The minimum absolute atomic E-state index is 0.988. The van der Waals surface area contributed by atoms with Crippen molar-refractivity contribution in [2.75, 3.05) is 0 Å². The number of aromatic nitrogens is 2. The molecule has 0 saturated heterocycles. The molecule has 0 atom stereocenters. The average Bonchev–Trinajstić information content (AvgIpc) is 3.08. The van der Waals surface area contributed by atoms with Crippen LogP contribution in [0.4, 0.5) is 0 Å². The summed E-state index contributed by atoms with van der Waals surface area (Å²) in [7, 11) is 0. The third kappa shape index (κ3) is 2.74.